The average molecular weight is 249 g/mol. The number of methoxy groups -OCH3 is 1. The van der Waals surface area contributed by atoms with Gasteiger partial charge in [0.1, 0.15) is 0 Å². The summed E-state index contributed by atoms with van der Waals surface area (Å²) in [6.45, 7) is 8.43. The van der Waals surface area contributed by atoms with Gasteiger partial charge in [-0.25, -0.2) is 0 Å². The maximum absolute atomic E-state index is 5.03. The van der Waals surface area contributed by atoms with Crippen molar-refractivity contribution in [1.82, 2.24) is 5.32 Å². The highest BCUT2D eigenvalue weighted by molar-refractivity contribution is 5.25. The summed E-state index contributed by atoms with van der Waals surface area (Å²) in [6, 6.07) is 9.55. The van der Waals surface area contributed by atoms with Crippen molar-refractivity contribution >= 4 is 0 Å². The Bertz CT molecular complexity index is 320. The fraction of sp³-hybridized carbons (Fsp3) is 0.625. The van der Waals surface area contributed by atoms with Gasteiger partial charge in [0.25, 0.3) is 0 Å². The maximum atomic E-state index is 5.03. The summed E-state index contributed by atoms with van der Waals surface area (Å²) < 4.78 is 5.03. The lowest BCUT2D eigenvalue weighted by molar-refractivity contribution is 0.196. The smallest absolute Gasteiger partial charge is 0.0587 e. The molecule has 0 aliphatic rings. The third-order valence-corrected chi connectivity index (χ3v) is 3.50. The largest absolute Gasteiger partial charge is 0.383 e. The summed E-state index contributed by atoms with van der Waals surface area (Å²) in [5, 5.41) is 3.46. The Hall–Kier alpha value is -0.860. The Morgan fingerprint density at radius 2 is 1.83 bits per heavy atom. The summed E-state index contributed by atoms with van der Waals surface area (Å²) in [5.74, 6) is 0.663. The van der Waals surface area contributed by atoms with Crippen LogP contribution in [0.5, 0.6) is 0 Å². The van der Waals surface area contributed by atoms with E-state index in [-0.39, 0.29) is 0 Å². The number of nitrogens with one attached hydrogen (secondary N) is 1. The second kappa shape index (κ2) is 8.28. The Labute approximate surface area is 112 Å². The summed E-state index contributed by atoms with van der Waals surface area (Å²) >= 11 is 0. The van der Waals surface area contributed by atoms with Crippen LogP contribution in [0.15, 0.2) is 24.3 Å². The molecule has 0 fully saturated rings. The fourth-order valence-corrected chi connectivity index (χ4v) is 2.05. The first-order valence-electron chi connectivity index (χ1n) is 6.98. The molecule has 0 bridgehead atoms. The van der Waals surface area contributed by atoms with E-state index < -0.39 is 0 Å². The average Bonchev–Trinajstić information content (AvgIpc) is 2.39. The first-order chi connectivity index (χ1) is 8.67. The zero-order valence-electron chi connectivity index (χ0n) is 12.2. The minimum Gasteiger partial charge on any atom is -0.383 e. The molecule has 0 heterocycles. The van der Waals surface area contributed by atoms with Crippen molar-refractivity contribution in [2.45, 2.75) is 45.6 Å². The van der Waals surface area contributed by atoms with Crippen LogP contribution >= 0.6 is 0 Å². The van der Waals surface area contributed by atoms with Crippen LogP contribution in [-0.2, 0) is 11.2 Å². The second-order valence-electron chi connectivity index (χ2n) is 5.10. The normalized spacial score (nSPS) is 14.4. The van der Waals surface area contributed by atoms with E-state index in [1.807, 2.05) is 0 Å². The molecular weight excluding hydrogens is 222 g/mol. The second-order valence-corrected chi connectivity index (χ2v) is 5.10. The molecule has 0 aliphatic carbocycles. The van der Waals surface area contributed by atoms with Crippen molar-refractivity contribution in [2.24, 2.45) is 0 Å². The lowest BCUT2D eigenvalue weighted by Gasteiger charge is -2.14. The van der Waals surface area contributed by atoms with Crippen molar-refractivity contribution in [3.05, 3.63) is 35.4 Å². The molecule has 2 unspecified atom stereocenters. The minimum absolute atomic E-state index is 0.495. The summed E-state index contributed by atoms with van der Waals surface area (Å²) in [5.41, 5.74) is 2.85. The topological polar surface area (TPSA) is 21.3 Å². The summed E-state index contributed by atoms with van der Waals surface area (Å²) in [6.07, 6.45) is 2.28. The number of hydrogen-bond donors (Lipinski definition) is 1. The third-order valence-electron chi connectivity index (χ3n) is 3.50. The van der Waals surface area contributed by atoms with Gasteiger partial charge in [-0.3, -0.25) is 0 Å². The number of hydrogen-bond acceptors (Lipinski definition) is 2. The molecule has 0 radical (unpaired) electrons. The predicted octanol–water partition coefficient (Wildman–Crippen LogP) is 3.37. The van der Waals surface area contributed by atoms with Crippen LogP contribution in [0.25, 0.3) is 0 Å². The first kappa shape index (κ1) is 15.2. The van der Waals surface area contributed by atoms with Gasteiger partial charge in [-0.15, -0.1) is 0 Å². The Balaban J connectivity index is 2.43. The lowest BCUT2D eigenvalue weighted by Crippen LogP contribution is -2.30. The molecule has 0 saturated carbocycles. The van der Waals surface area contributed by atoms with Crippen molar-refractivity contribution < 1.29 is 4.74 Å². The number of rotatable bonds is 8. The van der Waals surface area contributed by atoms with E-state index in [0.29, 0.717) is 12.0 Å². The van der Waals surface area contributed by atoms with E-state index in [1.165, 1.54) is 17.5 Å². The zero-order chi connectivity index (χ0) is 13.4. The zero-order valence-corrected chi connectivity index (χ0v) is 12.2. The molecule has 1 aromatic rings. The molecule has 102 valence electrons. The van der Waals surface area contributed by atoms with E-state index in [4.69, 9.17) is 4.74 Å². The van der Waals surface area contributed by atoms with Gasteiger partial charge in [-0.2, -0.15) is 0 Å². The van der Waals surface area contributed by atoms with Gasteiger partial charge >= 0.3 is 0 Å². The molecule has 18 heavy (non-hydrogen) atoms. The van der Waals surface area contributed by atoms with E-state index in [1.54, 1.807) is 7.11 Å². The Morgan fingerprint density at radius 1 is 1.17 bits per heavy atom. The molecule has 0 spiro atoms. The van der Waals surface area contributed by atoms with Crippen molar-refractivity contribution in [1.29, 1.82) is 0 Å². The molecular formula is C16H27NO. The van der Waals surface area contributed by atoms with Crippen molar-refractivity contribution in [2.75, 3.05) is 20.3 Å². The highest BCUT2D eigenvalue weighted by atomic mass is 16.5. The van der Waals surface area contributed by atoms with Crippen molar-refractivity contribution in [3.63, 3.8) is 0 Å². The van der Waals surface area contributed by atoms with Gasteiger partial charge in [-0.1, -0.05) is 38.1 Å². The van der Waals surface area contributed by atoms with E-state index in [2.05, 4.69) is 50.4 Å². The monoisotopic (exact) mass is 249 g/mol. The fourth-order valence-electron chi connectivity index (χ4n) is 2.05. The molecule has 0 amide bonds. The van der Waals surface area contributed by atoms with Crippen LogP contribution in [0, 0.1) is 0 Å². The SMILES string of the molecule is CCC(C)c1ccc(CC(C)NCCOC)cc1. The van der Waals surface area contributed by atoms with Crippen LogP contribution in [-0.4, -0.2) is 26.3 Å². The molecule has 0 aromatic heterocycles. The van der Waals surface area contributed by atoms with Crippen LogP contribution in [0.1, 0.15) is 44.2 Å². The van der Waals surface area contributed by atoms with Gasteiger partial charge in [0.2, 0.25) is 0 Å². The van der Waals surface area contributed by atoms with E-state index >= 15 is 0 Å². The molecule has 2 heteroatoms. The van der Waals surface area contributed by atoms with Gasteiger partial charge in [0.15, 0.2) is 0 Å². The Morgan fingerprint density at radius 3 is 2.39 bits per heavy atom. The number of benzene rings is 1. The molecule has 2 nitrogen and oxygen atoms in total. The van der Waals surface area contributed by atoms with Gasteiger partial charge in [0, 0.05) is 19.7 Å². The molecule has 1 rings (SSSR count). The number of ether oxygens (including phenoxy) is 1. The van der Waals surface area contributed by atoms with E-state index in [9.17, 15) is 0 Å². The maximum Gasteiger partial charge on any atom is 0.0587 e. The first-order valence-corrected chi connectivity index (χ1v) is 6.98. The van der Waals surface area contributed by atoms with E-state index in [0.717, 1.165) is 19.6 Å². The molecule has 0 aliphatic heterocycles. The Kier molecular flexibility index (Phi) is 6.99. The minimum atomic E-state index is 0.495. The molecule has 1 aromatic carbocycles. The highest BCUT2D eigenvalue weighted by Crippen LogP contribution is 2.19. The summed E-state index contributed by atoms with van der Waals surface area (Å²) in [4.78, 5) is 0. The molecule has 1 N–H and O–H groups in total. The van der Waals surface area contributed by atoms with Crippen LogP contribution in [0.3, 0.4) is 0 Å². The van der Waals surface area contributed by atoms with Crippen molar-refractivity contribution in [3.8, 4) is 0 Å². The standard InChI is InChI=1S/C16H27NO/c1-5-13(2)16-8-6-15(7-9-16)12-14(3)17-10-11-18-4/h6-9,13-14,17H,5,10-12H2,1-4H3. The van der Waals surface area contributed by atoms with Gasteiger partial charge in [0.05, 0.1) is 6.61 Å². The van der Waals surface area contributed by atoms with Crippen LogP contribution in [0.2, 0.25) is 0 Å². The van der Waals surface area contributed by atoms with Crippen LogP contribution < -0.4 is 5.32 Å². The highest BCUT2D eigenvalue weighted by Gasteiger charge is 2.05. The van der Waals surface area contributed by atoms with Gasteiger partial charge < -0.3 is 10.1 Å². The quantitative estimate of drug-likeness (QED) is 0.713. The molecule has 2 atom stereocenters. The van der Waals surface area contributed by atoms with Gasteiger partial charge in [-0.05, 0) is 36.8 Å². The van der Waals surface area contributed by atoms with Crippen LogP contribution in [0.4, 0.5) is 0 Å². The predicted molar refractivity (Wildman–Crippen MR) is 78.2 cm³/mol. The summed E-state index contributed by atoms with van der Waals surface area (Å²) in [7, 11) is 1.74. The lowest BCUT2D eigenvalue weighted by atomic mass is 9.96. The third kappa shape index (κ3) is 5.19. The molecule has 0 saturated heterocycles.